The van der Waals surface area contributed by atoms with Crippen LogP contribution in [0.15, 0.2) is 59.1 Å². The lowest BCUT2D eigenvalue weighted by atomic mass is 10.1. The first-order valence-corrected chi connectivity index (χ1v) is 6.04. The zero-order chi connectivity index (χ0) is 14.1. The summed E-state index contributed by atoms with van der Waals surface area (Å²) in [6, 6.07) is 12.4. The molecule has 20 heavy (non-hydrogen) atoms. The van der Waals surface area contributed by atoms with Gasteiger partial charge in [0.25, 0.3) is 0 Å². The minimum Gasteiger partial charge on any atom is -0.506 e. The smallest absolute Gasteiger partial charge is 0.199 e. The Morgan fingerprint density at radius 3 is 2.30 bits per heavy atom. The van der Waals surface area contributed by atoms with Crippen molar-refractivity contribution in [1.82, 2.24) is 0 Å². The third-order valence-electron chi connectivity index (χ3n) is 3.10. The van der Waals surface area contributed by atoms with E-state index in [2.05, 4.69) is 4.99 Å². The summed E-state index contributed by atoms with van der Waals surface area (Å²) in [4.78, 5) is 16.2. The summed E-state index contributed by atoms with van der Waals surface area (Å²) in [6.45, 7) is 0. The Labute approximate surface area is 114 Å². The lowest BCUT2D eigenvalue weighted by Gasteiger charge is -1.95. The number of nitrogens with zero attached hydrogens (tertiary/aromatic N) is 1. The summed E-state index contributed by atoms with van der Waals surface area (Å²) in [6.07, 6.45) is 1.31. The highest BCUT2D eigenvalue weighted by molar-refractivity contribution is 6.30. The number of rotatable bonds is 2. The second kappa shape index (κ2) is 4.74. The molecule has 0 radical (unpaired) electrons. The maximum Gasteiger partial charge on any atom is 0.199 e. The van der Waals surface area contributed by atoms with Crippen molar-refractivity contribution >= 4 is 23.4 Å². The Morgan fingerprint density at radius 1 is 1.00 bits per heavy atom. The predicted molar refractivity (Wildman–Crippen MR) is 74.9 cm³/mol. The van der Waals surface area contributed by atoms with Gasteiger partial charge in [-0.15, -0.1) is 0 Å². The van der Waals surface area contributed by atoms with Crippen LogP contribution in [-0.4, -0.2) is 17.1 Å². The third-order valence-corrected chi connectivity index (χ3v) is 3.10. The van der Waals surface area contributed by atoms with Crippen LogP contribution in [0.1, 0.15) is 15.9 Å². The van der Waals surface area contributed by atoms with E-state index in [1.54, 1.807) is 24.3 Å². The second-order valence-corrected chi connectivity index (χ2v) is 4.37. The summed E-state index contributed by atoms with van der Waals surface area (Å²) in [5, 5.41) is 10.0. The monoisotopic (exact) mass is 267 g/mol. The SMILES string of the molecule is O=C1C(C=Nc2ccc(F)cc2)=C(O)c2ccccc21. The average Bonchev–Trinajstić information content (AvgIpc) is 2.71. The van der Waals surface area contributed by atoms with E-state index < -0.39 is 0 Å². The maximum absolute atomic E-state index is 12.8. The molecule has 0 amide bonds. The number of aliphatic hydroxyl groups excluding tert-OH is 1. The van der Waals surface area contributed by atoms with Gasteiger partial charge in [0.05, 0.1) is 11.3 Å². The number of aliphatic imine (C=N–C) groups is 1. The topological polar surface area (TPSA) is 49.7 Å². The number of aliphatic hydroxyl groups is 1. The molecule has 2 aromatic carbocycles. The van der Waals surface area contributed by atoms with Crippen molar-refractivity contribution < 1.29 is 14.3 Å². The molecule has 0 spiro atoms. The van der Waals surface area contributed by atoms with Gasteiger partial charge in [0, 0.05) is 17.3 Å². The number of benzene rings is 2. The van der Waals surface area contributed by atoms with Crippen molar-refractivity contribution in [3.63, 3.8) is 0 Å². The highest BCUT2D eigenvalue weighted by Gasteiger charge is 2.27. The number of carbonyl (C=O) groups is 1. The van der Waals surface area contributed by atoms with Gasteiger partial charge in [-0.1, -0.05) is 24.3 Å². The summed E-state index contributed by atoms with van der Waals surface area (Å²) in [5.41, 5.74) is 1.63. The number of allylic oxidation sites excluding steroid dienone is 1. The average molecular weight is 267 g/mol. The van der Waals surface area contributed by atoms with Gasteiger partial charge >= 0.3 is 0 Å². The third kappa shape index (κ3) is 2.01. The first-order chi connectivity index (χ1) is 9.66. The number of hydrogen-bond acceptors (Lipinski definition) is 3. The molecule has 4 heteroatoms. The Kier molecular flexibility index (Phi) is 2.91. The Balaban J connectivity index is 1.94. The van der Waals surface area contributed by atoms with Gasteiger partial charge < -0.3 is 5.11 Å². The molecule has 0 atom stereocenters. The Bertz CT molecular complexity index is 745. The molecule has 0 saturated carbocycles. The van der Waals surface area contributed by atoms with Crippen LogP contribution in [-0.2, 0) is 0 Å². The molecule has 3 rings (SSSR count). The number of Topliss-reactive ketones (excluding diaryl/α,β-unsaturated/α-hetero) is 1. The normalized spacial score (nSPS) is 14.2. The van der Waals surface area contributed by atoms with Crippen molar-refractivity contribution in [2.75, 3.05) is 0 Å². The molecule has 0 saturated heterocycles. The fourth-order valence-electron chi connectivity index (χ4n) is 2.07. The van der Waals surface area contributed by atoms with Crippen LogP contribution in [0.4, 0.5) is 10.1 Å². The van der Waals surface area contributed by atoms with E-state index >= 15 is 0 Å². The van der Waals surface area contributed by atoms with Gasteiger partial charge in [0.2, 0.25) is 0 Å². The van der Waals surface area contributed by atoms with Gasteiger partial charge in [0.1, 0.15) is 11.6 Å². The number of hydrogen-bond donors (Lipinski definition) is 1. The number of ketones is 1. The number of carbonyl (C=O) groups excluding carboxylic acids is 1. The second-order valence-electron chi connectivity index (χ2n) is 4.37. The zero-order valence-electron chi connectivity index (χ0n) is 10.4. The lowest BCUT2D eigenvalue weighted by Crippen LogP contribution is -1.99. The molecule has 1 N–H and O–H groups in total. The molecular formula is C16H10FNO2. The Hall–Kier alpha value is -2.75. The van der Waals surface area contributed by atoms with Crippen LogP contribution < -0.4 is 0 Å². The molecule has 0 unspecified atom stereocenters. The van der Waals surface area contributed by atoms with Crippen molar-refractivity contribution in [1.29, 1.82) is 0 Å². The van der Waals surface area contributed by atoms with E-state index in [0.717, 1.165) is 0 Å². The first kappa shape index (κ1) is 12.3. The lowest BCUT2D eigenvalue weighted by molar-refractivity contribution is 0.104. The van der Waals surface area contributed by atoms with Crippen molar-refractivity contribution in [3.05, 3.63) is 71.0 Å². The molecule has 0 fully saturated rings. The molecule has 1 aliphatic carbocycles. The van der Waals surface area contributed by atoms with Crippen LogP contribution in [0.3, 0.4) is 0 Å². The molecule has 3 nitrogen and oxygen atoms in total. The molecule has 0 aliphatic heterocycles. The summed E-state index contributed by atoms with van der Waals surface area (Å²) in [5.74, 6) is -0.684. The van der Waals surface area contributed by atoms with Gasteiger partial charge in [-0.05, 0) is 24.3 Å². The van der Waals surface area contributed by atoms with E-state index in [9.17, 15) is 14.3 Å². The zero-order valence-corrected chi connectivity index (χ0v) is 10.4. The fraction of sp³-hybridized carbons (Fsp3) is 0. The van der Waals surface area contributed by atoms with E-state index in [0.29, 0.717) is 16.8 Å². The number of halogens is 1. The molecule has 98 valence electrons. The summed E-state index contributed by atoms with van der Waals surface area (Å²) in [7, 11) is 0. The van der Waals surface area contributed by atoms with Crippen LogP contribution in [0, 0.1) is 5.82 Å². The standard InChI is InChI=1S/C16H10FNO2/c17-10-5-7-11(8-6-10)18-9-14-15(19)12-3-1-2-4-13(12)16(14)20/h1-9,19H. The minimum atomic E-state index is -0.352. The summed E-state index contributed by atoms with van der Waals surface area (Å²) < 4.78 is 12.8. The van der Waals surface area contributed by atoms with E-state index in [1.807, 2.05) is 0 Å². The van der Waals surface area contributed by atoms with E-state index in [1.165, 1.54) is 30.5 Å². The molecule has 0 heterocycles. The molecule has 0 aromatic heterocycles. The van der Waals surface area contributed by atoms with Crippen molar-refractivity contribution in [2.24, 2.45) is 4.99 Å². The number of fused-ring (bicyclic) bond motifs is 1. The first-order valence-electron chi connectivity index (χ1n) is 6.04. The molecular weight excluding hydrogens is 257 g/mol. The molecule has 1 aliphatic rings. The molecule has 2 aromatic rings. The highest BCUT2D eigenvalue weighted by atomic mass is 19.1. The van der Waals surface area contributed by atoms with Gasteiger partial charge in [-0.3, -0.25) is 9.79 Å². The fourth-order valence-corrected chi connectivity index (χ4v) is 2.07. The van der Waals surface area contributed by atoms with Crippen molar-refractivity contribution in [3.8, 4) is 0 Å². The van der Waals surface area contributed by atoms with E-state index in [4.69, 9.17) is 0 Å². The summed E-state index contributed by atoms with van der Waals surface area (Å²) >= 11 is 0. The van der Waals surface area contributed by atoms with Gasteiger partial charge in [0.15, 0.2) is 5.78 Å². The van der Waals surface area contributed by atoms with Crippen molar-refractivity contribution in [2.45, 2.75) is 0 Å². The highest BCUT2D eigenvalue weighted by Crippen LogP contribution is 2.30. The quantitative estimate of drug-likeness (QED) is 0.843. The van der Waals surface area contributed by atoms with E-state index in [-0.39, 0.29) is 22.9 Å². The predicted octanol–water partition coefficient (Wildman–Crippen LogP) is 3.69. The van der Waals surface area contributed by atoms with Crippen LogP contribution in [0.25, 0.3) is 5.76 Å². The maximum atomic E-state index is 12.8. The largest absolute Gasteiger partial charge is 0.506 e. The van der Waals surface area contributed by atoms with Crippen LogP contribution in [0.2, 0.25) is 0 Å². The van der Waals surface area contributed by atoms with Gasteiger partial charge in [-0.2, -0.15) is 0 Å². The van der Waals surface area contributed by atoms with Gasteiger partial charge in [-0.25, -0.2) is 4.39 Å². The van der Waals surface area contributed by atoms with Crippen LogP contribution in [0.5, 0.6) is 0 Å². The Morgan fingerprint density at radius 2 is 1.65 bits per heavy atom. The van der Waals surface area contributed by atoms with Crippen LogP contribution >= 0.6 is 0 Å². The minimum absolute atomic E-state index is 0.0727. The molecule has 0 bridgehead atoms.